The third kappa shape index (κ3) is 3.60. The molecule has 0 atom stereocenters. The quantitative estimate of drug-likeness (QED) is 0.776. The van der Waals surface area contributed by atoms with Crippen molar-refractivity contribution in [1.82, 2.24) is 9.97 Å². The molecule has 1 aromatic rings. The number of rotatable bonds is 3. The lowest BCUT2D eigenvalue weighted by molar-refractivity contribution is 0.427. The Kier molecular flexibility index (Phi) is 4.71. The summed E-state index contributed by atoms with van der Waals surface area (Å²) >= 11 is 5.35. The highest BCUT2D eigenvalue weighted by Crippen LogP contribution is 2.31. The number of hydrogen-bond acceptors (Lipinski definition) is 3. The van der Waals surface area contributed by atoms with Crippen molar-refractivity contribution in [2.75, 3.05) is 5.32 Å². The summed E-state index contributed by atoms with van der Waals surface area (Å²) in [4.78, 5) is 8.08. The molecule has 20 heavy (non-hydrogen) atoms. The van der Waals surface area contributed by atoms with Crippen LogP contribution in [0.15, 0.2) is 6.07 Å². The van der Waals surface area contributed by atoms with Crippen molar-refractivity contribution >= 4 is 18.0 Å². The first-order valence-corrected chi connectivity index (χ1v) is 8.60. The number of hydrogen-bond donors (Lipinski definition) is 2. The number of aromatic amines is 1. The van der Waals surface area contributed by atoms with Gasteiger partial charge < -0.3 is 10.3 Å². The standard InChI is InChI=1S/C16H25N3S/c20-15-11-14(17-13-9-5-2-6-10-13)18-16(19-15)12-7-3-1-4-8-12/h11-13H,1-10H2,(H2,17,18,19,20). The fraction of sp³-hybridized carbons (Fsp3) is 0.750. The number of H-pyrrole nitrogens is 1. The molecule has 0 saturated heterocycles. The molecule has 1 aromatic heterocycles. The van der Waals surface area contributed by atoms with E-state index < -0.39 is 0 Å². The highest BCUT2D eigenvalue weighted by Gasteiger charge is 2.19. The molecule has 2 N–H and O–H groups in total. The van der Waals surface area contributed by atoms with Crippen LogP contribution in [-0.4, -0.2) is 16.0 Å². The summed E-state index contributed by atoms with van der Waals surface area (Å²) in [5.41, 5.74) is 0. The minimum atomic E-state index is 0.582. The van der Waals surface area contributed by atoms with Crippen molar-refractivity contribution in [1.29, 1.82) is 0 Å². The van der Waals surface area contributed by atoms with E-state index in [1.165, 1.54) is 64.2 Å². The lowest BCUT2D eigenvalue weighted by Crippen LogP contribution is -2.23. The lowest BCUT2D eigenvalue weighted by Gasteiger charge is -2.25. The molecule has 1 heterocycles. The van der Waals surface area contributed by atoms with Gasteiger partial charge in [0.1, 0.15) is 16.3 Å². The second-order valence-electron chi connectivity index (χ2n) is 6.33. The zero-order chi connectivity index (χ0) is 13.8. The molecule has 2 saturated carbocycles. The van der Waals surface area contributed by atoms with Crippen LogP contribution in [-0.2, 0) is 0 Å². The van der Waals surface area contributed by atoms with E-state index in [0.717, 1.165) is 16.3 Å². The van der Waals surface area contributed by atoms with E-state index in [9.17, 15) is 0 Å². The molecule has 2 aliphatic rings. The van der Waals surface area contributed by atoms with Crippen molar-refractivity contribution < 1.29 is 0 Å². The Morgan fingerprint density at radius 3 is 2.35 bits per heavy atom. The number of aromatic nitrogens is 2. The zero-order valence-electron chi connectivity index (χ0n) is 12.2. The van der Waals surface area contributed by atoms with Gasteiger partial charge in [0, 0.05) is 18.0 Å². The molecule has 0 aliphatic heterocycles. The predicted octanol–water partition coefficient (Wildman–Crippen LogP) is 4.93. The van der Waals surface area contributed by atoms with Crippen LogP contribution in [0.5, 0.6) is 0 Å². The van der Waals surface area contributed by atoms with Gasteiger partial charge >= 0.3 is 0 Å². The second kappa shape index (κ2) is 6.70. The zero-order valence-corrected chi connectivity index (χ0v) is 13.0. The van der Waals surface area contributed by atoms with Crippen LogP contribution in [0.1, 0.15) is 76.0 Å². The van der Waals surface area contributed by atoms with Crippen molar-refractivity contribution in [3.8, 4) is 0 Å². The Bertz CT molecular complexity index is 485. The Morgan fingerprint density at radius 1 is 1.00 bits per heavy atom. The molecular weight excluding hydrogens is 266 g/mol. The van der Waals surface area contributed by atoms with Crippen LogP contribution in [0.3, 0.4) is 0 Å². The van der Waals surface area contributed by atoms with Crippen LogP contribution >= 0.6 is 12.2 Å². The molecule has 3 rings (SSSR count). The molecule has 0 bridgehead atoms. The average Bonchev–Trinajstić information content (AvgIpc) is 2.49. The fourth-order valence-electron chi connectivity index (χ4n) is 3.59. The van der Waals surface area contributed by atoms with Gasteiger partial charge in [-0.1, -0.05) is 50.7 Å². The highest BCUT2D eigenvalue weighted by atomic mass is 32.1. The molecule has 0 unspecified atom stereocenters. The molecule has 0 spiro atoms. The van der Waals surface area contributed by atoms with Gasteiger partial charge in [0.05, 0.1) is 0 Å². The van der Waals surface area contributed by atoms with Gasteiger partial charge in [0.2, 0.25) is 0 Å². The molecule has 4 heteroatoms. The van der Waals surface area contributed by atoms with Crippen LogP contribution < -0.4 is 5.32 Å². The molecule has 0 aromatic carbocycles. The van der Waals surface area contributed by atoms with Gasteiger partial charge in [-0.25, -0.2) is 4.98 Å². The minimum absolute atomic E-state index is 0.582. The van der Waals surface area contributed by atoms with Gasteiger partial charge in [0.25, 0.3) is 0 Å². The summed E-state index contributed by atoms with van der Waals surface area (Å²) in [6.07, 6.45) is 13.2. The summed E-state index contributed by atoms with van der Waals surface area (Å²) in [6, 6.07) is 2.59. The largest absolute Gasteiger partial charge is 0.369 e. The topological polar surface area (TPSA) is 40.7 Å². The van der Waals surface area contributed by atoms with Crippen LogP contribution in [0, 0.1) is 4.64 Å². The SMILES string of the molecule is S=c1cc(NC2CCCCC2)[nH]c(C2CCCCC2)n1. The minimum Gasteiger partial charge on any atom is -0.369 e. The first-order valence-electron chi connectivity index (χ1n) is 8.19. The van der Waals surface area contributed by atoms with Crippen LogP contribution in [0.4, 0.5) is 5.82 Å². The van der Waals surface area contributed by atoms with Gasteiger partial charge in [-0.2, -0.15) is 0 Å². The summed E-state index contributed by atoms with van der Waals surface area (Å²) in [7, 11) is 0. The molecule has 2 aliphatic carbocycles. The van der Waals surface area contributed by atoms with E-state index in [1.807, 2.05) is 6.07 Å². The molecule has 3 nitrogen and oxygen atoms in total. The van der Waals surface area contributed by atoms with Gasteiger partial charge in [-0.15, -0.1) is 0 Å². The summed E-state index contributed by atoms with van der Waals surface area (Å²) in [6.45, 7) is 0. The Morgan fingerprint density at radius 2 is 1.65 bits per heavy atom. The first kappa shape index (κ1) is 14.1. The second-order valence-corrected chi connectivity index (χ2v) is 6.75. The summed E-state index contributed by atoms with van der Waals surface area (Å²) in [5, 5.41) is 3.64. The number of nitrogens with one attached hydrogen (secondary N) is 2. The molecule has 0 amide bonds. The number of anilines is 1. The van der Waals surface area contributed by atoms with Gasteiger partial charge in [-0.3, -0.25) is 0 Å². The monoisotopic (exact) mass is 291 g/mol. The van der Waals surface area contributed by atoms with E-state index >= 15 is 0 Å². The van der Waals surface area contributed by atoms with E-state index in [4.69, 9.17) is 12.2 Å². The number of nitrogens with zero attached hydrogens (tertiary/aromatic N) is 1. The van der Waals surface area contributed by atoms with Crippen molar-refractivity contribution in [3.63, 3.8) is 0 Å². The third-order valence-electron chi connectivity index (χ3n) is 4.72. The molecule has 0 radical (unpaired) electrons. The van der Waals surface area contributed by atoms with E-state index in [-0.39, 0.29) is 0 Å². The summed E-state index contributed by atoms with van der Waals surface area (Å²) < 4.78 is 0.725. The first-order chi connectivity index (χ1) is 9.81. The maximum absolute atomic E-state index is 5.35. The van der Waals surface area contributed by atoms with Crippen molar-refractivity contribution in [2.45, 2.75) is 76.2 Å². The van der Waals surface area contributed by atoms with Gasteiger partial charge in [0.15, 0.2) is 0 Å². The smallest absolute Gasteiger partial charge is 0.131 e. The van der Waals surface area contributed by atoms with E-state index in [1.54, 1.807) is 0 Å². The molecular formula is C16H25N3S. The summed E-state index contributed by atoms with van der Waals surface area (Å²) in [5.74, 6) is 2.77. The van der Waals surface area contributed by atoms with Crippen molar-refractivity contribution in [2.24, 2.45) is 0 Å². The highest BCUT2D eigenvalue weighted by molar-refractivity contribution is 7.71. The maximum Gasteiger partial charge on any atom is 0.131 e. The fourth-order valence-corrected chi connectivity index (χ4v) is 3.81. The van der Waals surface area contributed by atoms with Crippen LogP contribution in [0.2, 0.25) is 0 Å². The molecule has 110 valence electrons. The Hall–Kier alpha value is -0.900. The van der Waals surface area contributed by atoms with Gasteiger partial charge in [-0.05, 0) is 25.7 Å². The predicted molar refractivity (Wildman–Crippen MR) is 85.7 cm³/mol. The maximum atomic E-state index is 5.35. The average molecular weight is 291 g/mol. The Labute approximate surface area is 126 Å². The van der Waals surface area contributed by atoms with E-state index in [0.29, 0.717) is 12.0 Å². The van der Waals surface area contributed by atoms with E-state index in [2.05, 4.69) is 15.3 Å². The Balaban J connectivity index is 1.73. The lowest BCUT2D eigenvalue weighted by atomic mass is 9.89. The normalized spacial score (nSPS) is 21.8. The molecule has 2 fully saturated rings. The third-order valence-corrected chi connectivity index (χ3v) is 4.93. The van der Waals surface area contributed by atoms with Crippen LogP contribution in [0.25, 0.3) is 0 Å². The van der Waals surface area contributed by atoms with Crippen molar-refractivity contribution in [3.05, 3.63) is 16.5 Å².